The lowest BCUT2D eigenvalue weighted by atomic mass is 10.0. The second-order valence-corrected chi connectivity index (χ2v) is 4.67. The smallest absolute Gasteiger partial charge is 0.323 e. The lowest BCUT2D eigenvalue weighted by Gasteiger charge is -2.19. The van der Waals surface area contributed by atoms with Crippen LogP contribution in [0.15, 0.2) is 24.3 Å². The summed E-state index contributed by atoms with van der Waals surface area (Å²) >= 11 is 0. The number of nitrogens with one attached hydrogen (secondary N) is 1. The minimum Gasteiger partial charge on any atom is -0.468 e. The number of benzene rings is 1. The molecule has 0 heterocycles. The maximum Gasteiger partial charge on any atom is 0.323 e. The van der Waals surface area contributed by atoms with Crippen LogP contribution in [0.5, 0.6) is 0 Å². The van der Waals surface area contributed by atoms with Crippen LogP contribution >= 0.6 is 0 Å². The van der Waals surface area contributed by atoms with E-state index in [-0.39, 0.29) is 17.5 Å². The zero-order chi connectivity index (χ0) is 14.4. The predicted molar refractivity (Wildman–Crippen MR) is 68.9 cm³/mol. The molecular weight excluding hydrogens is 252 g/mol. The summed E-state index contributed by atoms with van der Waals surface area (Å²) in [7, 11) is 1.34. The Morgan fingerprint density at radius 1 is 1.26 bits per heavy atom. The molecule has 1 atom stereocenters. The number of alkyl halides is 2. The molecule has 19 heavy (non-hydrogen) atoms. The number of esters is 1. The summed E-state index contributed by atoms with van der Waals surface area (Å²) in [6.45, 7) is 4.25. The molecule has 0 saturated carbocycles. The molecule has 0 radical (unpaired) electrons. The van der Waals surface area contributed by atoms with Gasteiger partial charge in [0.15, 0.2) is 0 Å². The molecule has 1 rings (SSSR count). The zero-order valence-corrected chi connectivity index (χ0v) is 11.3. The minimum atomic E-state index is -2.46. The van der Waals surface area contributed by atoms with E-state index in [9.17, 15) is 13.6 Å². The molecule has 0 aromatic heterocycles. The van der Waals surface area contributed by atoms with Crippen molar-refractivity contribution in [3.63, 3.8) is 0 Å². The van der Waals surface area contributed by atoms with E-state index < -0.39 is 12.5 Å². The molecule has 3 nitrogen and oxygen atoms in total. The van der Waals surface area contributed by atoms with Crippen molar-refractivity contribution in [2.24, 2.45) is 5.92 Å². The number of carbonyl (C=O) groups excluding carboxylic acids is 1. The Hall–Kier alpha value is -1.49. The number of carbonyl (C=O) groups is 1. The highest BCUT2D eigenvalue weighted by Crippen LogP contribution is 2.18. The lowest BCUT2D eigenvalue weighted by Crippen LogP contribution is -2.41. The summed E-state index contributed by atoms with van der Waals surface area (Å²) in [6, 6.07) is 5.64. The first kappa shape index (κ1) is 15.6. The SMILES string of the molecule is COC(=O)C(NCc1ccc(C(F)F)cc1)C(C)C. The van der Waals surface area contributed by atoms with Crippen LogP contribution in [0.25, 0.3) is 0 Å². The quantitative estimate of drug-likeness (QED) is 0.808. The number of hydrogen-bond acceptors (Lipinski definition) is 3. The van der Waals surface area contributed by atoms with E-state index in [0.29, 0.717) is 6.54 Å². The van der Waals surface area contributed by atoms with Crippen molar-refractivity contribution in [1.82, 2.24) is 5.32 Å². The van der Waals surface area contributed by atoms with Crippen molar-refractivity contribution < 1.29 is 18.3 Å². The van der Waals surface area contributed by atoms with E-state index in [4.69, 9.17) is 4.74 Å². The molecule has 1 unspecified atom stereocenters. The van der Waals surface area contributed by atoms with E-state index >= 15 is 0 Å². The van der Waals surface area contributed by atoms with Crippen LogP contribution in [0, 0.1) is 5.92 Å². The third-order valence-electron chi connectivity index (χ3n) is 2.88. The van der Waals surface area contributed by atoms with Crippen molar-refractivity contribution in [2.45, 2.75) is 32.9 Å². The molecule has 0 aliphatic carbocycles. The van der Waals surface area contributed by atoms with Crippen LogP contribution in [0.3, 0.4) is 0 Å². The average molecular weight is 271 g/mol. The maximum atomic E-state index is 12.4. The molecule has 5 heteroatoms. The zero-order valence-electron chi connectivity index (χ0n) is 11.3. The van der Waals surface area contributed by atoms with Crippen molar-refractivity contribution in [3.05, 3.63) is 35.4 Å². The van der Waals surface area contributed by atoms with Gasteiger partial charge in [0.2, 0.25) is 0 Å². The highest BCUT2D eigenvalue weighted by Gasteiger charge is 2.22. The molecule has 0 saturated heterocycles. The fourth-order valence-corrected chi connectivity index (χ4v) is 1.73. The summed E-state index contributed by atoms with van der Waals surface area (Å²) in [6.07, 6.45) is -2.46. The van der Waals surface area contributed by atoms with Crippen LogP contribution in [0.1, 0.15) is 31.4 Å². The molecule has 1 aromatic carbocycles. The van der Waals surface area contributed by atoms with E-state index in [2.05, 4.69) is 5.32 Å². The van der Waals surface area contributed by atoms with Crippen molar-refractivity contribution in [1.29, 1.82) is 0 Å². The van der Waals surface area contributed by atoms with Gasteiger partial charge in [-0.1, -0.05) is 38.1 Å². The van der Waals surface area contributed by atoms with E-state index in [1.807, 2.05) is 13.8 Å². The molecule has 0 aliphatic rings. The molecule has 106 valence electrons. The molecule has 0 amide bonds. The molecule has 1 N–H and O–H groups in total. The van der Waals surface area contributed by atoms with Gasteiger partial charge in [0.05, 0.1) is 7.11 Å². The van der Waals surface area contributed by atoms with Gasteiger partial charge in [-0.25, -0.2) is 8.78 Å². The summed E-state index contributed by atoms with van der Waals surface area (Å²) in [5.41, 5.74) is 0.844. The lowest BCUT2D eigenvalue weighted by molar-refractivity contribution is -0.144. The number of hydrogen-bond donors (Lipinski definition) is 1. The standard InChI is InChI=1S/C14H19F2NO2/c1-9(2)12(14(18)19-3)17-8-10-4-6-11(7-5-10)13(15)16/h4-7,9,12-13,17H,8H2,1-3H3. The Morgan fingerprint density at radius 2 is 1.84 bits per heavy atom. The van der Waals surface area contributed by atoms with Gasteiger partial charge in [-0.3, -0.25) is 4.79 Å². The van der Waals surface area contributed by atoms with Gasteiger partial charge < -0.3 is 10.1 Å². The molecule has 0 aliphatic heterocycles. The second-order valence-electron chi connectivity index (χ2n) is 4.67. The van der Waals surface area contributed by atoms with Gasteiger partial charge >= 0.3 is 5.97 Å². The third-order valence-corrected chi connectivity index (χ3v) is 2.88. The molecule has 1 aromatic rings. The number of halogens is 2. The topological polar surface area (TPSA) is 38.3 Å². The van der Waals surface area contributed by atoms with Gasteiger partial charge in [0.25, 0.3) is 6.43 Å². The Labute approximate surface area is 112 Å². The Balaban J connectivity index is 2.61. The molecule has 0 spiro atoms. The summed E-state index contributed by atoms with van der Waals surface area (Å²) in [5, 5.41) is 3.07. The first-order valence-electron chi connectivity index (χ1n) is 6.14. The Morgan fingerprint density at radius 3 is 2.26 bits per heavy atom. The molecular formula is C14H19F2NO2. The Kier molecular flexibility index (Phi) is 5.89. The average Bonchev–Trinajstić information content (AvgIpc) is 2.38. The van der Waals surface area contributed by atoms with Crippen LogP contribution < -0.4 is 5.32 Å². The van der Waals surface area contributed by atoms with E-state index in [1.165, 1.54) is 19.2 Å². The number of rotatable bonds is 6. The minimum absolute atomic E-state index is 0.00266. The van der Waals surface area contributed by atoms with Gasteiger partial charge in [-0.15, -0.1) is 0 Å². The van der Waals surface area contributed by atoms with Crippen LogP contribution in [-0.4, -0.2) is 19.1 Å². The van der Waals surface area contributed by atoms with Gasteiger partial charge in [-0.05, 0) is 11.5 Å². The van der Waals surface area contributed by atoms with Crippen molar-refractivity contribution >= 4 is 5.97 Å². The molecule has 0 fully saturated rings. The number of ether oxygens (including phenoxy) is 1. The van der Waals surface area contributed by atoms with Crippen LogP contribution in [0.2, 0.25) is 0 Å². The van der Waals surface area contributed by atoms with Crippen LogP contribution in [0.4, 0.5) is 8.78 Å². The second kappa shape index (κ2) is 7.19. The fourth-order valence-electron chi connectivity index (χ4n) is 1.73. The number of methoxy groups -OCH3 is 1. The van der Waals surface area contributed by atoms with Crippen LogP contribution in [-0.2, 0) is 16.1 Å². The highest BCUT2D eigenvalue weighted by atomic mass is 19.3. The highest BCUT2D eigenvalue weighted by molar-refractivity contribution is 5.75. The van der Waals surface area contributed by atoms with E-state index in [1.54, 1.807) is 12.1 Å². The van der Waals surface area contributed by atoms with Crippen molar-refractivity contribution in [3.8, 4) is 0 Å². The summed E-state index contributed by atoms with van der Waals surface area (Å²) in [4.78, 5) is 11.5. The summed E-state index contributed by atoms with van der Waals surface area (Å²) < 4.78 is 29.5. The van der Waals surface area contributed by atoms with Gasteiger partial charge in [0, 0.05) is 12.1 Å². The fraction of sp³-hybridized carbons (Fsp3) is 0.500. The molecule has 0 bridgehead atoms. The van der Waals surface area contributed by atoms with E-state index in [0.717, 1.165) is 5.56 Å². The largest absolute Gasteiger partial charge is 0.468 e. The maximum absolute atomic E-state index is 12.4. The van der Waals surface area contributed by atoms with Gasteiger partial charge in [0.1, 0.15) is 6.04 Å². The normalized spacial score (nSPS) is 12.8. The first-order valence-corrected chi connectivity index (χ1v) is 6.14. The third kappa shape index (κ3) is 4.59. The van der Waals surface area contributed by atoms with Gasteiger partial charge in [-0.2, -0.15) is 0 Å². The monoisotopic (exact) mass is 271 g/mol. The Bertz CT molecular complexity index is 404. The summed E-state index contributed by atoms with van der Waals surface area (Å²) in [5.74, 6) is -0.230. The van der Waals surface area contributed by atoms with Crippen molar-refractivity contribution in [2.75, 3.05) is 7.11 Å². The predicted octanol–water partition coefficient (Wildman–Crippen LogP) is 2.91. The first-order chi connectivity index (χ1) is 8.95.